The van der Waals surface area contributed by atoms with Crippen LogP contribution in [-0.2, 0) is 14.3 Å². The number of hydrogen-bond acceptors (Lipinski definition) is 6. The summed E-state index contributed by atoms with van der Waals surface area (Å²) >= 11 is 4.75. The van der Waals surface area contributed by atoms with Crippen molar-refractivity contribution in [3.8, 4) is 0 Å². The normalized spacial score (nSPS) is 19.0. The number of likely N-dealkylation sites (tertiary alicyclic amines) is 1. The molecule has 0 aliphatic carbocycles. The van der Waals surface area contributed by atoms with Gasteiger partial charge in [0.05, 0.1) is 31.4 Å². The zero-order valence-corrected chi connectivity index (χ0v) is 16.7. The Balaban J connectivity index is 2.00. The summed E-state index contributed by atoms with van der Waals surface area (Å²) in [5, 5.41) is 21.5. The Kier molecular flexibility index (Phi) is 6.43. The molecule has 2 N–H and O–H groups in total. The van der Waals surface area contributed by atoms with Crippen LogP contribution in [0.15, 0.2) is 51.8 Å². The topological polar surface area (TPSA) is 87.1 Å². The Labute approximate surface area is 168 Å². The molecule has 1 atom stereocenters. The quantitative estimate of drug-likeness (QED) is 0.292. The molecule has 8 heteroatoms. The average molecular weight is 452 g/mol. The van der Waals surface area contributed by atoms with Gasteiger partial charge in [-0.25, -0.2) is 0 Å². The van der Waals surface area contributed by atoms with Gasteiger partial charge in [-0.15, -0.1) is 11.3 Å². The van der Waals surface area contributed by atoms with Gasteiger partial charge in [0, 0.05) is 21.5 Å². The van der Waals surface area contributed by atoms with E-state index in [1.54, 1.807) is 24.3 Å². The number of amides is 1. The predicted molar refractivity (Wildman–Crippen MR) is 105 cm³/mol. The number of Topliss-reactive ketones (excluding diaryl/α,β-unsaturated/α-hetero) is 1. The highest BCUT2D eigenvalue weighted by Gasteiger charge is 2.46. The number of thiophene rings is 1. The molecule has 2 heterocycles. The molecule has 0 bridgehead atoms. The fourth-order valence-electron chi connectivity index (χ4n) is 2.95. The maximum absolute atomic E-state index is 12.7. The van der Waals surface area contributed by atoms with Gasteiger partial charge in [0.1, 0.15) is 5.76 Å². The number of hydrogen-bond donors (Lipinski definition) is 2. The number of ether oxygens (including phenoxy) is 1. The number of aliphatic hydroxyl groups is 2. The molecule has 2 aromatic rings. The molecule has 0 radical (unpaired) electrons. The molecule has 27 heavy (non-hydrogen) atoms. The van der Waals surface area contributed by atoms with Crippen LogP contribution < -0.4 is 0 Å². The molecule has 6 nitrogen and oxygen atoms in total. The molecule has 1 aromatic heterocycles. The van der Waals surface area contributed by atoms with E-state index in [2.05, 4.69) is 15.9 Å². The van der Waals surface area contributed by atoms with Gasteiger partial charge in [-0.1, -0.05) is 34.1 Å². The van der Waals surface area contributed by atoms with Crippen molar-refractivity contribution in [2.45, 2.75) is 6.04 Å². The molecule has 1 fully saturated rings. The van der Waals surface area contributed by atoms with Crippen LogP contribution >= 0.6 is 27.3 Å². The van der Waals surface area contributed by atoms with Crippen LogP contribution in [0.1, 0.15) is 16.5 Å². The first-order valence-corrected chi connectivity index (χ1v) is 9.98. The lowest BCUT2D eigenvalue weighted by atomic mass is 10.00. The minimum absolute atomic E-state index is 0.0759. The molecule has 1 amide bonds. The number of aliphatic hydroxyl groups excluding tert-OH is 2. The van der Waals surface area contributed by atoms with Crippen molar-refractivity contribution in [1.29, 1.82) is 0 Å². The second kappa shape index (κ2) is 8.79. The Morgan fingerprint density at radius 1 is 1.19 bits per heavy atom. The zero-order chi connectivity index (χ0) is 19.4. The van der Waals surface area contributed by atoms with Crippen molar-refractivity contribution in [3.05, 3.63) is 62.3 Å². The molecule has 1 aromatic carbocycles. The number of nitrogens with zero attached hydrogens (tertiary/aromatic N) is 1. The highest BCUT2D eigenvalue weighted by Crippen LogP contribution is 2.40. The summed E-state index contributed by atoms with van der Waals surface area (Å²) in [4.78, 5) is 27.5. The highest BCUT2D eigenvalue weighted by molar-refractivity contribution is 9.10. The summed E-state index contributed by atoms with van der Waals surface area (Å²) < 4.78 is 6.09. The number of carbonyl (C=O) groups excluding carboxylic acids is 2. The first kappa shape index (κ1) is 19.8. The Morgan fingerprint density at radius 2 is 1.93 bits per heavy atom. The number of carbonyl (C=O) groups is 2. The molecule has 0 spiro atoms. The fourth-order valence-corrected chi connectivity index (χ4v) is 4.06. The second-order valence-electron chi connectivity index (χ2n) is 5.85. The average Bonchev–Trinajstić information content (AvgIpc) is 3.27. The van der Waals surface area contributed by atoms with E-state index in [1.807, 2.05) is 17.5 Å². The van der Waals surface area contributed by atoms with Gasteiger partial charge >= 0.3 is 0 Å². The fraction of sp³-hybridized carbons (Fsp3) is 0.263. The highest BCUT2D eigenvalue weighted by atomic mass is 79.9. The Hall–Kier alpha value is -2.00. The predicted octanol–water partition coefficient (Wildman–Crippen LogP) is 2.94. The molecule has 0 saturated carbocycles. The number of ketones is 1. The first-order chi connectivity index (χ1) is 13.0. The van der Waals surface area contributed by atoms with Crippen LogP contribution in [-0.4, -0.2) is 53.2 Å². The van der Waals surface area contributed by atoms with Gasteiger partial charge in [0.25, 0.3) is 11.7 Å². The molecule has 1 saturated heterocycles. The van der Waals surface area contributed by atoms with Crippen LogP contribution in [0, 0.1) is 0 Å². The molecule has 142 valence electrons. The summed E-state index contributed by atoms with van der Waals surface area (Å²) in [6.45, 7) is 0.418. The summed E-state index contributed by atoms with van der Waals surface area (Å²) in [6.07, 6.45) is 0. The number of benzene rings is 1. The Bertz CT molecular complexity index is 847. The third kappa shape index (κ3) is 4.14. The van der Waals surface area contributed by atoms with Crippen molar-refractivity contribution >= 4 is 44.7 Å². The smallest absolute Gasteiger partial charge is 0.295 e. The third-order valence-electron chi connectivity index (χ3n) is 4.18. The standard InChI is InChI=1S/C19H18BrNO5S/c20-13-5-3-12(4-6-13)17(23)15-16(14-2-1-11-27-14)21(19(25)18(15)24)7-9-26-10-8-22/h1-6,11,16,22-23H,7-10H2/b17-15+. The van der Waals surface area contributed by atoms with Gasteiger partial charge in [0.2, 0.25) is 0 Å². The summed E-state index contributed by atoms with van der Waals surface area (Å²) in [6, 6.07) is 9.89. The summed E-state index contributed by atoms with van der Waals surface area (Å²) in [5.41, 5.74) is 0.543. The van der Waals surface area contributed by atoms with E-state index in [4.69, 9.17) is 9.84 Å². The number of halogens is 1. The van der Waals surface area contributed by atoms with E-state index < -0.39 is 17.7 Å². The van der Waals surface area contributed by atoms with E-state index >= 15 is 0 Å². The molecular weight excluding hydrogens is 434 g/mol. The van der Waals surface area contributed by atoms with Gasteiger partial charge < -0.3 is 19.8 Å². The van der Waals surface area contributed by atoms with E-state index in [0.29, 0.717) is 5.56 Å². The molecule has 3 rings (SSSR count). The Morgan fingerprint density at radius 3 is 2.56 bits per heavy atom. The lowest BCUT2D eigenvalue weighted by Gasteiger charge is -2.23. The van der Waals surface area contributed by atoms with Crippen LogP contribution in [0.25, 0.3) is 5.76 Å². The van der Waals surface area contributed by atoms with E-state index in [9.17, 15) is 14.7 Å². The van der Waals surface area contributed by atoms with Gasteiger partial charge in [0.15, 0.2) is 0 Å². The van der Waals surface area contributed by atoms with Gasteiger partial charge in [-0.05, 0) is 23.6 Å². The van der Waals surface area contributed by atoms with Gasteiger partial charge in [-0.3, -0.25) is 9.59 Å². The molecule has 1 aliphatic rings. The molecule has 1 aliphatic heterocycles. The maximum Gasteiger partial charge on any atom is 0.295 e. The van der Waals surface area contributed by atoms with Crippen LogP contribution in [0.5, 0.6) is 0 Å². The largest absolute Gasteiger partial charge is 0.507 e. The number of rotatable bonds is 7. The maximum atomic E-state index is 12.7. The van der Waals surface area contributed by atoms with Crippen molar-refractivity contribution in [1.82, 2.24) is 4.90 Å². The van der Waals surface area contributed by atoms with Crippen molar-refractivity contribution in [2.75, 3.05) is 26.4 Å². The zero-order valence-electron chi connectivity index (χ0n) is 14.3. The van der Waals surface area contributed by atoms with Gasteiger partial charge in [-0.2, -0.15) is 0 Å². The SMILES string of the molecule is O=C1C(=O)N(CCOCCO)C(c2cccs2)/C1=C(\O)c1ccc(Br)cc1. The molecule has 1 unspecified atom stereocenters. The molecular formula is C19H18BrNO5S. The van der Waals surface area contributed by atoms with E-state index in [-0.39, 0.29) is 37.7 Å². The minimum atomic E-state index is -0.712. The summed E-state index contributed by atoms with van der Waals surface area (Å²) in [5.74, 6) is -1.58. The third-order valence-corrected chi connectivity index (χ3v) is 5.64. The van der Waals surface area contributed by atoms with Crippen LogP contribution in [0.3, 0.4) is 0 Å². The van der Waals surface area contributed by atoms with Crippen LogP contribution in [0.2, 0.25) is 0 Å². The second-order valence-corrected chi connectivity index (χ2v) is 7.75. The summed E-state index contributed by atoms with van der Waals surface area (Å²) in [7, 11) is 0. The van der Waals surface area contributed by atoms with Crippen molar-refractivity contribution in [2.24, 2.45) is 0 Å². The van der Waals surface area contributed by atoms with Crippen LogP contribution in [0.4, 0.5) is 0 Å². The lowest BCUT2D eigenvalue weighted by molar-refractivity contribution is -0.140. The lowest BCUT2D eigenvalue weighted by Crippen LogP contribution is -2.32. The van der Waals surface area contributed by atoms with E-state index in [0.717, 1.165) is 9.35 Å². The first-order valence-electron chi connectivity index (χ1n) is 8.31. The minimum Gasteiger partial charge on any atom is -0.507 e. The van der Waals surface area contributed by atoms with E-state index in [1.165, 1.54) is 16.2 Å². The van der Waals surface area contributed by atoms with Crippen molar-refractivity contribution < 1.29 is 24.5 Å². The monoisotopic (exact) mass is 451 g/mol. The van der Waals surface area contributed by atoms with Crippen molar-refractivity contribution in [3.63, 3.8) is 0 Å².